The van der Waals surface area contributed by atoms with E-state index in [1.807, 2.05) is 0 Å². The quantitative estimate of drug-likeness (QED) is 0.489. The average molecular weight is 259 g/mol. The molecule has 0 radical (unpaired) electrons. The third-order valence-electron chi connectivity index (χ3n) is 3.98. The molecule has 0 bridgehead atoms. The first kappa shape index (κ1) is 14.2. The van der Waals surface area contributed by atoms with Crippen molar-refractivity contribution in [3.05, 3.63) is 0 Å². The minimum atomic E-state index is 0.844. The molecule has 0 aliphatic carbocycles. The topological polar surface area (TPSA) is 30.9 Å². The molecule has 106 valence electrons. The second-order valence-electron chi connectivity index (χ2n) is 5.47. The Kier molecular flexibility index (Phi) is 5.85. The highest BCUT2D eigenvalue weighted by molar-refractivity contribution is 4.60. The van der Waals surface area contributed by atoms with Crippen molar-refractivity contribution in [1.29, 1.82) is 0 Å². The first-order valence-corrected chi connectivity index (χ1v) is 7.08. The van der Waals surface area contributed by atoms with Crippen molar-refractivity contribution in [2.24, 2.45) is 0 Å². The summed E-state index contributed by atoms with van der Waals surface area (Å²) < 4.78 is 17.6. The molecule has 0 aromatic carbocycles. The summed E-state index contributed by atoms with van der Waals surface area (Å²) in [6, 6.07) is 0. The fourth-order valence-corrected chi connectivity index (χ4v) is 2.41. The van der Waals surface area contributed by atoms with Crippen LogP contribution >= 0.6 is 0 Å². The normalized spacial score (nSPS) is 25.2. The number of ether oxygens (including phenoxy) is 3. The van der Waals surface area contributed by atoms with Crippen LogP contribution in [0.2, 0.25) is 0 Å². The number of rotatable bonds is 6. The van der Waals surface area contributed by atoms with Crippen molar-refractivity contribution >= 4 is 0 Å². The van der Waals surface area contributed by atoms with E-state index in [1.165, 1.54) is 0 Å². The maximum absolute atomic E-state index is 5.77. The van der Waals surface area contributed by atoms with Crippen molar-refractivity contribution < 1.29 is 18.7 Å². The number of hydrogen-bond donors (Lipinski definition) is 0. The SMILES string of the molecule is C[N+]1(CCOCCN2CCOCC2)CCOCC1. The molecule has 0 atom stereocenters. The van der Waals surface area contributed by atoms with E-state index in [1.54, 1.807) is 0 Å². The van der Waals surface area contributed by atoms with Crippen LogP contribution in [0.3, 0.4) is 0 Å². The molecule has 0 spiro atoms. The third-order valence-corrected chi connectivity index (χ3v) is 3.98. The van der Waals surface area contributed by atoms with Gasteiger partial charge in [0.15, 0.2) is 0 Å². The molecule has 18 heavy (non-hydrogen) atoms. The van der Waals surface area contributed by atoms with Crippen molar-refractivity contribution in [3.63, 3.8) is 0 Å². The average Bonchev–Trinajstić information content (AvgIpc) is 2.40. The highest BCUT2D eigenvalue weighted by Crippen LogP contribution is 2.06. The Morgan fingerprint density at radius 2 is 1.67 bits per heavy atom. The summed E-state index contributed by atoms with van der Waals surface area (Å²) in [6.45, 7) is 11.7. The number of nitrogens with zero attached hydrogens (tertiary/aromatic N) is 2. The maximum Gasteiger partial charge on any atom is 0.102 e. The first-order valence-electron chi connectivity index (χ1n) is 7.08. The van der Waals surface area contributed by atoms with E-state index in [4.69, 9.17) is 14.2 Å². The van der Waals surface area contributed by atoms with Gasteiger partial charge in [0.25, 0.3) is 0 Å². The lowest BCUT2D eigenvalue weighted by atomic mass is 10.3. The minimum Gasteiger partial charge on any atom is -0.379 e. The number of quaternary nitrogens is 1. The Morgan fingerprint density at radius 3 is 2.39 bits per heavy atom. The lowest BCUT2D eigenvalue weighted by molar-refractivity contribution is -0.917. The van der Waals surface area contributed by atoms with Crippen LogP contribution in [0.5, 0.6) is 0 Å². The summed E-state index contributed by atoms with van der Waals surface area (Å²) in [6.07, 6.45) is 0. The molecular formula is C13H27N2O3+. The monoisotopic (exact) mass is 259 g/mol. The molecule has 5 nitrogen and oxygen atoms in total. The van der Waals surface area contributed by atoms with Crippen LogP contribution in [0.4, 0.5) is 0 Å². The fourth-order valence-electron chi connectivity index (χ4n) is 2.41. The first-order chi connectivity index (χ1) is 8.79. The van der Waals surface area contributed by atoms with Crippen molar-refractivity contribution in [3.8, 4) is 0 Å². The van der Waals surface area contributed by atoms with Crippen LogP contribution in [0.25, 0.3) is 0 Å². The van der Waals surface area contributed by atoms with Crippen LogP contribution in [-0.4, -0.2) is 95.3 Å². The molecule has 0 amide bonds. The predicted octanol–water partition coefficient (Wildman–Crippen LogP) is -0.188. The van der Waals surface area contributed by atoms with Crippen LogP contribution in [0.1, 0.15) is 0 Å². The Balaban J connectivity index is 1.50. The number of likely N-dealkylation sites (N-methyl/N-ethyl adjacent to an activating group) is 1. The summed E-state index contributed by atoms with van der Waals surface area (Å²) in [7, 11) is 2.30. The Hall–Kier alpha value is -0.200. The number of hydrogen-bond acceptors (Lipinski definition) is 4. The lowest BCUT2D eigenvalue weighted by Crippen LogP contribution is -2.53. The second-order valence-corrected chi connectivity index (χ2v) is 5.47. The van der Waals surface area contributed by atoms with E-state index >= 15 is 0 Å². The smallest absolute Gasteiger partial charge is 0.102 e. The van der Waals surface area contributed by atoms with Gasteiger partial charge in [0.2, 0.25) is 0 Å². The van der Waals surface area contributed by atoms with Gasteiger partial charge in [0, 0.05) is 19.6 Å². The summed E-state index contributed by atoms with van der Waals surface area (Å²) in [5.41, 5.74) is 0. The molecule has 2 aliphatic heterocycles. The number of morpholine rings is 2. The van der Waals surface area contributed by atoms with Crippen molar-refractivity contribution in [2.45, 2.75) is 0 Å². The zero-order valence-electron chi connectivity index (χ0n) is 11.6. The molecule has 0 saturated carbocycles. The van der Waals surface area contributed by atoms with E-state index in [0.717, 1.165) is 83.4 Å². The molecule has 5 heteroatoms. The van der Waals surface area contributed by atoms with Gasteiger partial charge in [-0.1, -0.05) is 0 Å². The van der Waals surface area contributed by atoms with Crippen molar-refractivity contribution in [2.75, 3.05) is 86.0 Å². The predicted molar refractivity (Wildman–Crippen MR) is 69.7 cm³/mol. The van der Waals surface area contributed by atoms with Crippen LogP contribution in [0, 0.1) is 0 Å². The second kappa shape index (κ2) is 7.40. The zero-order chi connectivity index (χ0) is 12.7. The van der Waals surface area contributed by atoms with E-state index in [0.29, 0.717) is 0 Å². The molecule has 0 aromatic heterocycles. The van der Waals surface area contributed by atoms with Crippen LogP contribution in [-0.2, 0) is 14.2 Å². The van der Waals surface area contributed by atoms with E-state index < -0.39 is 0 Å². The Morgan fingerprint density at radius 1 is 1.00 bits per heavy atom. The highest BCUT2D eigenvalue weighted by atomic mass is 16.5. The molecule has 0 aromatic rings. The standard InChI is InChI=1S/C13H27N2O3/c1-15(6-12-18-13-7-15)5-11-17-10-4-14-2-8-16-9-3-14/h2-13H2,1H3/q+1. The molecule has 2 rings (SSSR count). The van der Waals surface area contributed by atoms with Gasteiger partial charge in [-0.05, 0) is 0 Å². The Bertz CT molecular complexity index is 226. The fraction of sp³-hybridized carbons (Fsp3) is 1.00. The minimum absolute atomic E-state index is 0.844. The highest BCUT2D eigenvalue weighted by Gasteiger charge is 2.24. The van der Waals surface area contributed by atoms with Crippen molar-refractivity contribution in [1.82, 2.24) is 4.90 Å². The van der Waals surface area contributed by atoms with E-state index in [9.17, 15) is 0 Å². The van der Waals surface area contributed by atoms with Gasteiger partial charge in [0.05, 0.1) is 46.7 Å². The van der Waals surface area contributed by atoms with Gasteiger partial charge in [0.1, 0.15) is 19.6 Å². The Labute approximate surface area is 110 Å². The molecule has 2 aliphatic rings. The molecule has 0 unspecified atom stereocenters. The summed E-state index contributed by atoms with van der Waals surface area (Å²) in [5.74, 6) is 0. The molecule has 2 saturated heterocycles. The largest absolute Gasteiger partial charge is 0.379 e. The van der Waals surface area contributed by atoms with Gasteiger partial charge >= 0.3 is 0 Å². The molecule has 2 fully saturated rings. The summed E-state index contributed by atoms with van der Waals surface area (Å²) in [5, 5.41) is 0. The maximum atomic E-state index is 5.77. The van der Waals surface area contributed by atoms with Gasteiger partial charge < -0.3 is 18.7 Å². The lowest BCUT2D eigenvalue weighted by Gasteiger charge is -2.37. The molecular weight excluding hydrogens is 232 g/mol. The van der Waals surface area contributed by atoms with Gasteiger partial charge in [-0.2, -0.15) is 0 Å². The third kappa shape index (κ3) is 4.82. The van der Waals surface area contributed by atoms with Gasteiger partial charge in [-0.15, -0.1) is 0 Å². The van der Waals surface area contributed by atoms with Gasteiger partial charge in [-0.3, -0.25) is 4.90 Å². The van der Waals surface area contributed by atoms with E-state index in [2.05, 4.69) is 11.9 Å². The molecule has 2 heterocycles. The van der Waals surface area contributed by atoms with Crippen LogP contribution in [0.15, 0.2) is 0 Å². The summed E-state index contributed by atoms with van der Waals surface area (Å²) in [4.78, 5) is 2.41. The zero-order valence-corrected chi connectivity index (χ0v) is 11.6. The van der Waals surface area contributed by atoms with Crippen LogP contribution < -0.4 is 0 Å². The van der Waals surface area contributed by atoms with Gasteiger partial charge in [-0.25, -0.2) is 0 Å². The molecule has 0 N–H and O–H groups in total. The summed E-state index contributed by atoms with van der Waals surface area (Å²) >= 11 is 0. The van der Waals surface area contributed by atoms with E-state index in [-0.39, 0.29) is 0 Å².